The fourth-order valence-corrected chi connectivity index (χ4v) is 2.70. The molecule has 1 aliphatic heterocycles. The van der Waals surface area contributed by atoms with Crippen molar-refractivity contribution in [2.24, 2.45) is 5.92 Å². The van der Waals surface area contributed by atoms with Gasteiger partial charge < -0.3 is 15.4 Å². The Balaban J connectivity index is 2.11. The summed E-state index contributed by atoms with van der Waals surface area (Å²) in [6, 6.07) is 5.26. The largest absolute Gasteiger partial charge is 0.382 e. The molecule has 0 aromatic heterocycles. The molecule has 0 bridgehead atoms. The van der Waals surface area contributed by atoms with Gasteiger partial charge in [0.1, 0.15) is 11.4 Å². The van der Waals surface area contributed by atoms with Gasteiger partial charge in [-0.25, -0.2) is 0 Å². The summed E-state index contributed by atoms with van der Waals surface area (Å²) in [5, 5.41) is 17.3. The zero-order valence-electron chi connectivity index (χ0n) is 11.9. The highest BCUT2D eigenvalue weighted by atomic mass is 16.6. The molecule has 0 aliphatic carbocycles. The van der Waals surface area contributed by atoms with E-state index < -0.39 is 0 Å². The fraction of sp³-hybridized carbons (Fsp3) is 0.571. The number of hydrogen-bond acceptors (Lipinski definition) is 5. The zero-order chi connectivity index (χ0) is 14.5. The first-order valence-electron chi connectivity index (χ1n) is 6.98. The molecule has 0 spiro atoms. The van der Waals surface area contributed by atoms with Gasteiger partial charge in [0, 0.05) is 26.1 Å². The predicted octanol–water partition coefficient (Wildman–Crippen LogP) is 2.86. The third-order valence-electron chi connectivity index (χ3n) is 3.79. The van der Waals surface area contributed by atoms with Crippen LogP contribution in [0.15, 0.2) is 18.2 Å². The van der Waals surface area contributed by atoms with Crippen LogP contribution in [0.5, 0.6) is 0 Å². The molecule has 1 heterocycles. The van der Waals surface area contributed by atoms with Gasteiger partial charge in [-0.2, -0.15) is 0 Å². The van der Waals surface area contributed by atoms with Crippen LogP contribution in [0.3, 0.4) is 0 Å². The maximum atomic E-state index is 11.2. The molecular weight excluding hydrogens is 258 g/mol. The van der Waals surface area contributed by atoms with Crippen molar-refractivity contribution in [3.8, 4) is 0 Å². The normalized spacial score (nSPS) is 21.7. The Kier molecular flexibility index (Phi) is 4.79. The first-order chi connectivity index (χ1) is 9.67. The van der Waals surface area contributed by atoms with Gasteiger partial charge in [0.05, 0.1) is 11.0 Å². The van der Waals surface area contributed by atoms with Gasteiger partial charge in [-0.05, 0) is 25.0 Å². The van der Waals surface area contributed by atoms with Crippen LogP contribution in [0.25, 0.3) is 0 Å². The number of para-hydroxylation sites is 1. The van der Waals surface area contributed by atoms with Crippen molar-refractivity contribution < 1.29 is 9.66 Å². The van der Waals surface area contributed by atoms with Crippen molar-refractivity contribution in [3.63, 3.8) is 0 Å². The van der Waals surface area contributed by atoms with E-state index in [9.17, 15) is 10.1 Å². The summed E-state index contributed by atoms with van der Waals surface area (Å²) in [6.07, 6.45) is 2.24. The number of nitro benzene ring substituents is 1. The summed E-state index contributed by atoms with van der Waals surface area (Å²) >= 11 is 0. The average molecular weight is 279 g/mol. The molecule has 0 radical (unpaired) electrons. The molecule has 1 aliphatic rings. The summed E-state index contributed by atoms with van der Waals surface area (Å²) in [6.45, 7) is 3.59. The second-order valence-electron chi connectivity index (χ2n) is 4.96. The number of nitrogens with zero attached hydrogens (tertiary/aromatic N) is 1. The first-order valence-corrected chi connectivity index (χ1v) is 6.98. The van der Waals surface area contributed by atoms with E-state index in [4.69, 9.17) is 4.74 Å². The quantitative estimate of drug-likeness (QED) is 0.618. The van der Waals surface area contributed by atoms with Crippen molar-refractivity contribution in [1.82, 2.24) is 0 Å². The molecule has 110 valence electrons. The maximum Gasteiger partial charge on any atom is 0.315 e. The van der Waals surface area contributed by atoms with Crippen LogP contribution >= 0.6 is 0 Å². The monoisotopic (exact) mass is 279 g/mol. The Morgan fingerprint density at radius 1 is 1.45 bits per heavy atom. The van der Waals surface area contributed by atoms with Crippen molar-refractivity contribution in [3.05, 3.63) is 28.3 Å². The lowest BCUT2D eigenvalue weighted by Crippen LogP contribution is -2.23. The number of nitro groups is 1. The van der Waals surface area contributed by atoms with Gasteiger partial charge >= 0.3 is 5.69 Å². The van der Waals surface area contributed by atoms with Gasteiger partial charge in [0.25, 0.3) is 0 Å². The number of benzene rings is 1. The van der Waals surface area contributed by atoms with Gasteiger partial charge in [-0.1, -0.05) is 13.0 Å². The Hall–Kier alpha value is -1.82. The van der Waals surface area contributed by atoms with Crippen molar-refractivity contribution in [1.29, 1.82) is 0 Å². The zero-order valence-corrected chi connectivity index (χ0v) is 11.9. The second kappa shape index (κ2) is 6.56. The number of nitrogens with one attached hydrogen (secondary N) is 2. The highest BCUT2D eigenvalue weighted by molar-refractivity contribution is 5.76. The van der Waals surface area contributed by atoms with E-state index in [0.29, 0.717) is 23.8 Å². The number of hydrogen-bond donors (Lipinski definition) is 2. The van der Waals surface area contributed by atoms with Gasteiger partial charge in [-0.15, -0.1) is 0 Å². The summed E-state index contributed by atoms with van der Waals surface area (Å²) < 4.78 is 5.64. The predicted molar refractivity (Wildman–Crippen MR) is 79.3 cm³/mol. The molecule has 1 aromatic rings. The van der Waals surface area contributed by atoms with Crippen LogP contribution in [0.2, 0.25) is 0 Å². The summed E-state index contributed by atoms with van der Waals surface area (Å²) in [4.78, 5) is 10.9. The van der Waals surface area contributed by atoms with Crippen LogP contribution in [0.1, 0.15) is 19.8 Å². The molecule has 2 N–H and O–H groups in total. The highest BCUT2D eigenvalue weighted by Crippen LogP contribution is 2.33. The molecule has 2 rings (SSSR count). The van der Waals surface area contributed by atoms with E-state index >= 15 is 0 Å². The molecule has 0 saturated carbocycles. The second-order valence-corrected chi connectivity index (χ2v) is 4.96. The van der Waals surface area contributed by atoms with Gasteiger partial charge in [0.15, 0.2) is 0 Å². The maximum absolute atomic E-state index is 11.2. The minimum Gasteiger partial charge on any atom is -0.382 e. The molecule has 6 heteroatoms. The SMILES string of the molecule is CCC1OCCC1CNc1cccc(NC)c1[N+](=O)[O-]. The number of ether oxygens (including phenoxy) is 1. The van der Waals surface area contributed by atoms with Crippen LogP contribution < -0.4 is 10.6 Å². The van der Waals surface area contributed by atoms with Crippen LogP contribution in [-0.2, 0) is 4.74 Å². The van der Waals surface area contributed by atoms with Crippen molar-refractivity contribution in [2.75, 3.05) is 30.8 Å². The summed E-state index contributed by atoms with van der Waals surface area (Å²) in [7, 11) is 1.68. The average Bonchev–Trinajstić information content (AvgIpc) is 2.91. The highest BCUT2D eigenvalue weighted by Gasteiger charge is 2.27. The van der Waals surface area contributed by atoms with Crippen LogP contribution in [0, 0.1) is 16.0 Å². The smallest absolute Gasteiger partial charge is 0.315 e. The molecule has 6 nitrogen and oxygen atoms in total. The van der Waals surface area contributed by atoms with E-state index in [1.807, 2.05) is 6.07 Å². The minimum atomic E-state index is -0.351. The summed E-state index contributed by atoms with van der Waals surface area (Å²) in [5.74, 6) is 0.415. The Bertz CT molecular complexity index is 479. The Morgan fingerprint density at radius 3 is 2.85 bits per heavy atom. The van der Waals surface area contributed by atoms with Crippen LogP contribution in [-0.4, -0.2) is 31.2 Å². The van der Waals surface area contributed by atoms with E-state index in [-0.39, 0.29) is 16.7 Å². The third-order valence-corrected chi connectivity index (χ3v) is 3.79. The molecule has 1 saturated heterocycles. The standard InChI is InChI=1S/C14H21N3O3/c1-3-13-10(7-8-20-13)9-16-12-6-4-5-11(15-2)14(12)17(18)19/h4-6,10,13,15-16H,3,7-9H2,1-2H3. The Labute approximate surface area is 118 Å². The lowest BCUT2D eigenvalue weighted by molar-refractivity contribution is -0.383. The molecule has 2 atom stereocenters. The molecule has 0 amide bonds. The van der Waals surface area contributed by atoms with Crippen molar-refractivity contribution >= 4 is 17.1 Å². The summed E-state index contributed by atoms with van der Waals surface area (Å²) in [5.41, 5.74) is 1.18. The van der Waals surface area contributed by atoms with Gasteiger partial charge in [-0.3, -0.25) is 10.1 Å². The minimum absolute atomic E-state index is 0.0990. The van der Waals surface area contributed by atoms with E-state index in [2.05, 4.69) is 17.6 Å². The van der Waals surface area contributed by atoms with E-state index in [1.165, 1.54) is 0 Å². The molecular formula is C14H21N3O3. The molecule has 1 fully saturated rings. The number of anilines is 2. The van der Waals surface area contributed by atoms with Crippen LogP contribution in [0.4, 0.5) is 17.1 Å². The third kappa shape index (κ3) is 3.01. The van der Waals surface area contributed by atoms with Crippen molar-refractivity contribution in [2.45, 2.75) is 25.9 Å². The fourth-order valence-electron chi connectivity index (χ4n) is 2.70. The molecule has 1 aromatic carbocycles. The molecule has 2 unspecified atom stereocenters. The van der Waals surface area contributed by atoms with E-state index in [0.717, 1.165) is 19.4 Å². The van der Waals surface area contributed by atoms with E-state index in [1.54, 1.807) is 19.2 Å². The Morgan fingerprint density at radius 2 is 2.20 bits per heavy atom. The van der Waals surface area contributed by atoms with Gasteiger partial charge in [0.2, 0.25) is 0 Å². The first kappa shape index (κ1) is 14.6. The lowest BCUT2D eigenvalue weighted by Gasteiger charge is -2.18. The number of rotatable bonds is 6. The lowest BCUT2D eigenvalue weighted by atomic mass is 9.99. The topological polar surface area (TPSA) is 76.4 Å². The molecule has 20 heavy (non-hydrogen) atoms.